The van der Waals surface area contributed by atoms with Gasteiger partial charge in [0.25, 0.3) is 0 Å². The number of carboxylic acid groups (broad SMARTS) is 1. The predicted molar refractivity (Wildman–Crippen MR) is 129 cm³/mol. The van der Waals surface area contributed by atoms with E-state index in [1.165, 1.54) is 14.2 Å². The fraction of sp³-hybridized carbons (Fsp3) is 0.200. The number of hydrogen-bond acceptors (Lipinski definition) is 6. The summed E-state index contributed by atoms with van der Waals surface area (Å²) in [7, 11) is 2.87. The highest BCUT2D eigenvalue weighted by atomic mass is 35.5. The molecule has 3 aromatic carbocycles. The number of carboxylic acids is 1. The van der Waals surface area contributed by atoms with Gasteiger partial charge in [-0.1, -0.05) is 47.5 Å². The molecule has 7 nitrogen and oxygen atoms in total. The first-order valence-corrected chi connectivity index (χ1v) is 11.2. The number of hydrogen-bond donors (Lipinski definition) is 1. The number of fused-ring (bicyclic) bond motifs is 3. The summed E-state index contributed by atoms with van der Waals surface area (Å²) in [6.45, 7) is 0. The molecule has 174 valence electrons. The molecule has 0 saturated carbocycles. The van der Waals surface area contributed by atoms with Crippen LogP contribution in [0.2, 0.25) is 10.0 Å². The molecule has 5 rings (SSSR count). The molecule has 1 N–H and O–H groups in total. The minimum absolute atomic E-state index is 0.0387. The second kappa shape index (κ2) is 8.74. The van der Waals surface area contributed by atoms with E-state index < -0.39 is 12.2 Å². The number of nitrogens with zero attached hydrogens (tertiary/aromatic N) is 2. The molecule has 0 radical (unpaired) electrons. The largest absolute Gasteiger partial charge is 0.493 e. The summed E-state index contributed by atoms with van der Waals surface area (Å²) in [6.07, 6.45) is -0.212. The molecule has 0 unspecified atom stereocenters. The summed E-state index contributed by atoms with van der Waals surface area (Å²) in [5.41, 5.74) is 2.97. The fourth-order valence-corrected chi connectivity index (χ4v) is 4.76. The molecule has 9 heteroatoms. The summed E-state index contributed by atoms with van der Waals surface area (Å²) in [5.74, 6) is -0.0414. The summed E-state index contributed by atoms with van der Waals surface area (Å²) < 4.78 is 17.1. The lowest BCUT2D eigenvalue weighted by Crippen LogP contribution is -2.34. The molecule has 34 heavy (non-hydrogen) atoms. The van der Waals surface area contributed by atoms with Gasteiger partial charge >= 0.3 is 5.97 Å². The SMILES string of the molecule is COc1ccc([C@@H]2Oc3ccccc3[C@@H]3CC(c4ccc(Cl)c(Cl)c4)=NN32)c(C(=O)O)c1OC. The van der Waals surface area contributed by atoms with Crippen LogP contribution < -0.4 is 14.2 Å². The van der Waals surface area contributed by atoms with E-state index in [1.807, 2.05) is 30.3 Å². The first-order chi connectivity index (χ1) is 16.4. The highest BCUT2D eigenvalue weighted by molar-refractivity contribution is 6.42. The Bertz CT molecular complexity index is 1330. The van der Waals surface area contributed by atoms with Crippen molar-refractivity contribution >= 4 is 34.9 Å². The second-order valence-corrected chi connectivity index (χ2v) is 8.67. The van der Waals surface area contributed by atoms with Gasteiger partial charge in [-0.05, 0) is 35.9 Å². The Labute approximate surface area is 206 Å². The zero-order chi connectivity index (χ0) is 24.0. The van der Waals surface area contributed by atoms with Crippen molar-refractivity contribution < 1.29 is 24.1 Å². The number of para-hydroxylation sites is 1. The van der Waals surface area contributed by atoms with Gasteiger partial charge in [-0.25, -0.2) is 9.80 Å². The first-order valence-electron chi connectivity index (χ1n) is 10.5. The molecule has 3 aromatic rings. The highest BCUT2D eigenvalue weighted by Gasteiger charge is 2.43. The van der Waals surface area contributed by atoms with E-state index in [0.717, 1.165) is 16.8 Å². The van der Waals surface area contributed by atoms with E-state index in [-0.39, 0.29) is 17.4 Å². The van der Waals surface area contributed by atoms with Crippen LogP contribution in [-0.2, 0) is 0 Å². The van der Waals surface area contributed by atoms with E-state index in [9.17, 15) is 9.90 Å². The van der Waals surface area contributed by atoms with Crippen molar-refractivity contribution in [3.63, 3.8) is 0 Å². The Balaban J connectivity index is 1.67. The molecule has 2 atom stereocenters. The van der Waals surface area contributed by atoms with Crippen LogP contribution in [-0.4, -0.2) is 36.0 Å². The number of carbonyl (C=O) groups is 1. The molecule has 0 bridgehead atoms. The number of ether oxygens (including phenoxy) is 3. The van der Waals surface area contributed by atoms with E-state index in [2.05, 4.69) is 0 Å². The molecule has 2 heterocycles. The van der Waals surface area contributed by atoms with Gasteiger partial charge in [0, 0.05) is 17.5 Å². The monoisotopic (exact) mass is 498 g/mol. The maximum absolute atomic E-state index is 12.3. The first kappa shape index (κ1) is 22.4. The van der Waals surface area contributed by atoms with E-state index in [0.29, 0.717) is 33.5 Å². The molecule has 0 spiro atoms. The summed E-state index contributed by atoms with van der Waals surface area (Å²) in [5, 5.41) is 17.6. The van der Waals surface area contributed by atoms with Crippen molar-refractivity contribution in [3.8, 4) is 17.2 Å². The van der Waals surface area contributed by atoms with Crippen LogP contribution >= 0.6 is 23.2 Å². The van der Waals surface area contributed by atoms with Crippen LogP contribution in [0.15, 0.2) is 59.7 Å². The van der Waals surface area contributed by atoms with Crippen molar-refractivity contribution in [2.45, 2.75) is 18.7 Å². The number of methoxy groups -OCH3 is 2. The summed E-state index contributed by atoms with van der Waals surface area (Å²) in [4.78, 5) is 12.3. The number of hydrazone groups is 1. The standard InChI is InChI=1S/C25H20Cl2N2O5/c1-32-21-10-8-15(22(25(30)31)23(21)33-2)24-29-19(14-5-3-4-6-20(14)34-24)12-18(28-29)13-7-9-16(26)17(27)11-13/h3-11,19,24H,12H2,1-2H3,(H,30,31)/t19-,24-/m0/s1. The topological polar surface area (TPSA) is 80.6 Å². The lowest BCUT2D eigenvalue weighted by molar-refractivity contribution is -0.0199. The molecule has 0 amide bonds. The maximum atomic E-state index is 12.3. The Morgan fingerprint density at radius 3 is 2.56 bits per heavy atom. The Hall–Kier alpha value is -3.42. The Morgan fingerprint density at radius 2 is 1.85 bits per heavy atom. The number of benzene rings is 3. The van der Waals surface area contributed by atoms with Crippen LogP contribution in [0.4, 0.5) is 0 Å². The van der Waals surface area contributed by atoms with Gasteiger partial charge in [-0.15, -0.1) is 0 Å². The van der Waals surface area contributed by atoms with E-state index >= 15 is 0 Å². The maximum Gasteiger partial charge on any atom is 0.340 e. The van der Waals surface area contributed by atoms with Crippen molar-refractivity contribution in [2.24, 2.45) is 5.10 Å². The summed E-state index contributed by atoms with van der Waals surface area (Å²) in [6, 6.07) is 16.2. The van der Waals surface area contributed by atoms with Gasteiger partial charge in [-0.3, -0.25) is 0 Å². The second-order valence-electron chi connectivity index (χ2n) is 7.85. The lowest BCUT2D eigenvalue weighted by atomic mass is 9.95. The van der Waals surface area contributed by atoms with Gasteiger partial charge in [0.05, 0.1) is 36.0 Å². The average Bonchev–Trinajstić information content (AvgIpc) is 3.30. The molecule has 0 fully saturated rings. The zero-order valence-electron chi connectivity index (χ0n) is 18.3. The smallest absolute Gasteiger partial charge is 0.340 e. The van der Waals surface area contributed by atoms with Crippen molar-refractivity contribution in [3.05, 3.63) is 86.9 Å². The minimum atomic E-state index is -1.15. The summed E-state index contributed by atoms with van der Waals surface area (Å²) >= 11 is 12.4. The highest BCUT2D eigenvalue weighted by Crippen LogP contribution is 2.49. The normalized spacial score (nSPS) is 18.5. The molecule has 2 aliphatic rings. The predicted octanol–water partition coefficient (Wildman–Crippen LogP) is 5.95. The third kappa shape index (κ3) is 3.61. The van der Waals surface area contributed by atoms with Crippen molar-refractivity contribution in [1.29, 1.82) is 0 Å². The van der Waals surface area contributed by atoms with Gasteiger partial charge in [-0.2, -0.15) is 5.10 Å². The molecular formula is C25H20Cl2N2O5. The van der Waals surface area contributed by atoms with Crippen LogP contribution in [0, 0.1) is 0 Å². The van der Waals surface area contributed by atoms with Crippen LogP contribution in [0.1, 0.15) is 45.7 Å². The lowest BCUT2D eigenvalue weighted by Gasteiger charge is -2.38. The van der Waals surface area contributed by atoms with Crippen molar-refractivity contribution in [2.75, 3.05) is 14.2 Å². The van der Waals surface area contributed by atoms with Gasteiger partial charge < -0.3 is 19.3 Å². The molecule has 0 aromatic heterocycles. The van der Waals surface area contributed by atoms with Crippen LogP contribution in [0.25, 0.3) is 0 Å². The van der Waals surface area contributed by atoms with Gasteiger partial charge in [0.1, 0.15) is 11.3 Å². The molecule has 0 saturated heterocycles. The van der Waals surface area contributed by atoms with E-state index in [4.69, 9.17) is 42.5 Å². The van der Waals surface area contributed by atoms with Gasteiger partial charge in [0.2, 0.25) is 6.23 Å². The van der Waals surface area contributed by atoms with Crippen LogP contribution in [0.3, 0.4) is 0 Å². The molecule has 2 aliphatic heterocycles. The number of aromatic carboxylic acids is 1. The van der Waals surface area contributed by atoms with Crippen LogP contribution in [0.5, 0.6) is 17.2 Å². The molecule has 0 aliphatic carbocycles. The van der Waals surface area contributed by atoms with Crippen molar-refractivity contribution in [1.82, 2.24) is 5.01 Å². The Kier molecular flexibility index (Phi) is 5.75. The minimum Gasteiger partial charge on any atom is -0.493 e. The zero-order valence-corrected chi connectivity index (χ0v) is 19.8. The fourth-order valence-electron chi connectivity index (χ4n) is 4.46. The van der Waals surface area contributed by atoms with Gasteiger partial charge in [0.15, 0.2) is 11.5 Å². The van der Waals surface area contributed by atoms with E-state index in [1.54, 1.807) is 29.3 Å². The Morgan fingerprint density at radius 1 is 1.06 bits per heavy atom. The number of halogens is 2. The third-order valence-electron chi connectivity index (χ3n) is 6.01. The molecular weight excluding hydrogens is 479 g/mol. The third-order valence-corrected chi connectivity index (χ3v) is 6.75. The number of rotatable bonds is 5. The average molecular weight is 499 g/mol. The quantitative estimate of drug-likeness (QED) is 0.467.